The molecule has 64 valence electrons. The summed E-state index contributed by atoms with van der Waals surface area (Å²) in [6, 6.07) is 0. The van der Waals surface area contributed by atoms with Crippen LogP contribution < -0.4 is 0 Å². The van der Waals surface area contributed by atoms with Crippen LogP contribution in [0.15, 0.2) is 4.99 Å². The second-order valence-electron chi connectivity index (χ2n) is 2.35. The van der Waals surface area contributed by atoms with Crippen LogP contribution in [0.25, 0.3) is 0 Å². The molecular formula is C8H16N2O. The van der Waals surface area contributed by atoms with E-state index >= 15 is 0 Å². The van der Waals surface area contributed by atoms with Crippen molar-refractivity contribution in [3.8, 4) is 0 Å². The van der Waals surface area contributed by atoms with Crippen molar-refractivity contribution in [1.29, 1.82) is 5.41 Å². The number of methoxy groups -OCH3 is 1. The molecule has 0 saturated carbocycles. The number of nitrogens with one attached hydrogen (secondary N) is 1. The quantitative estimate of drug-likeness (QED) is 0.600. The molecule has 0 aliphatic heterocycles. The maximum Gasteiger partial charge on any atom is 0.0992 e. The summed E-state index contributed by atoms with van der Waals surface area (Å²) in [4.78, 5) is 3.92. The van der Waals surface area contributed by atoms with Crippen LogP contribution in [0.2, 0.25) is 0 Å². The molecule has 0 saturated heterocycles. The van der Waals surface area contributed by atoms with Gasteiger partial charge in [-0.05, 0) is 6.42 Å². The molecule has 3 nitrogen and oxygen atoms in total. The van der Waals surface area contributed by atoms with Gasteiger partial charge in [0.05, 0.1) is 6.10 Å². The molecule has 2 atom stereocenters. The Labute approximate surface area is 68.0 Å². The van der Waals surface area contributed by atoms with Gasteiger partial charge in [0.25, 0.3) is 0 Å². The van der Waals surface area contributed by atoms with E-state index in [1.807, 2.05) is 6.21 Å². The van der Waals surface area contributed by atoms with E-state index < -0.39 is 0 Å². The van der Waals surface area contributed by atoms with Crippen molar-refractivity contribution in [2.75, 3.05) is 14.2 Å². The molecule has 0 radical (unpaired) electrons. The maximum absolute atomic E-state index is 7.06. The van der Waals surface area contributed by atoms with Gasteiger partial charge >= 0.3 is 0 Å². The van der Waals surface area contributed by atoms with E-state index in [1.165, 1.54) is 6.21 Å². The summed E-state index contributed by atoms with van der Waals surface area (Å²) >= 11 is 0. The van der Waals surface area contributed by atoms with Crippen LogP contribution in [0.5, 0.6) is 0 Å². The van der Waals surface area contributed by atoms with Gasteiger partial charge < -0.3 is 15.1 Å². The third-order valence-electron chi connectivity index (χ3n) is 1.67. The third kappa shape index (κ3) is 3.28. The predicted octanol–water partition coefficient (Wildman–Crippen LogP) is 1.38. The Balaban J connectivity index is 4.08. The van der Waals surface area contributed by atoms with Crippen molar-refractivity contribution in [2.45, 2.75) is 19.4 Å². The molecule has 0 aliphatic rings. The van der Waals surface area contributed by atoms with Gasteiger partial charge in [0.1, 0.15) is 0 Å². The van der Waals surface area contributed by atoms with Gasteiger partial charge in [0, 0.05) is 32.5 Å². The van der Waals surface area contributed by atoms with E-state index in [0.29, 0.717) is 0 Å². The Hall–Kier alpha value is -0.700. The number of ether oxygens (including phenoxy) is 1. The van der Waals surface area contributed by atoms with Crippen molar-refractivity contribution in [2.24, 2.45) is 10.9 Å². The van der Waals surface area contributed by atoms with Crippen LogP contribution in [0.3, 0.4) is 0 Å². The number of rotatable bonds is 5. The predicted molar refractivity (Wildman–Crippen MR) is 47.8 cm³/mol. The van der Waals surface area contributed by atoms with Crippen LogP contribution in [0.4, 0.5) is 0 Å². The van der Waals surface area contributed by atoms with Crippen molar-refractivity contribution < 1.29 is 4.74 Å². The molecule has 3 heteroatoms. The molecule has 1 N–H and O–H groups in total. The average Bonchev–Trinajstić information content (AvgIpc) is 2.05. The van der Waals surface area contributed by atoms with Gasteiger partial charge in [-0.1, -0.05) is 6.92 Å². The summed E-state index contributed by atoms with van der Waals surface area (Å²) in [5.41, 5.74) is 0. The SMILES string of the molecule is CCC(C=NC)C(C=N)OC. The molecule has 2 unspecified atom stereocenters. The average molecular weight is 156 g/mol. The lowest BCUT2D eigenvalue weighted by molar-refractivity contribution is 0.131. The molecule has 0 aromatic rings. The highest BCUT2D eigenvalue weighted by Crippen LogP contribution is 2.06. The first-order valence-electron chi connectivity index (χ1n) is 3.75. The van der Waals surface area contributed by atoms with Crippen LogP contribution in [0.1, 0.15) is 13.3 Å². The zero-order chi connectivity index (χ0) is 8.69. The largest absolute Gasteiger partial charge is 0.375 e. The fourth-order valence-corrected chi connectivity index (χ4v) is 0.980. The van der Waals surface area contributed by atoms with Crippen molar-refractivity contribution in [1.82, 2.24) is 0 Å². The Morgan fingerprint density at radius 1 is 1.64 bits per heavy atom. The molecule has 0 spiro atoms. The Morgan fingerprint density at radius 2 is 2.27 bits per heavy atom. The first-order valence-corrected chi connectivity index (χ1v) is 3.75. The number of hydrogen-bond acceptors (Lipinski definition) is 3. The lowest BCUT2D eigenvalue weighted by Crippen LogP contribution is -2.24. The number of hydrogen-bond donors (Lipinski definition) is 1. The fraction of sp³-hybridized carbons (Fsp3) is 0.750. The van der Waals surface area contributed by atoms with Gasteiger partial charge in [-0.25, -0.2) is 0 Å². The summed E-state index contributed by atoms with van der Waals surface area (Å²) in [6.45, 7) is 2.06. The molecule has 0 bridgehead atoms. The Morgan fingerprint density at radius 3 is 2.55 bits per heavy atom. The van der Waals surface area contributed by atoms with E-state index in [-0.39, 0.29) is 12.0 Å². The van der Waals surface area contributed by atoms with Gasteiger partial charge in [-0.15, -0.1) is 0 Å². The second-order valence-corrected chi connectivity index (χ2v) is 2.35. The topological polar surface area (TPSA) is 45.4 Å². The van der Waals surface area contributed by atoms with Crippen LogP contribution in [-0.2, 0) is 4.74 Å². The number of nitrogens with zero attached hydrogens (tertiary/aromatic N) is 1. The monoisotopic (exact) mass is 156 g/mol. The number of aliphatic imine (C=N–C) groups is 1. The fourth-order valence-electron chi connectivity index (χ4n) is 0.980. The first-order chi connectivity index (χ1) is 5.29. The van der Waals surface area contributed by atoms with Crippen molar-refractivity contribution in [3.63, 3.8) is 0 Å². The van der Waals surface area contributed by atoms with Gasteiger partial charge in [0.15, 0.2) is 0 Å². The molecular weight excluding hydrogens is 140 g/mol. The zero-order valence-electron chi connectivity index (χ0n) is 7.37. The molecule has 0 aliphatic carbocycles. The molecule has 0 amide bonds. The normalized spacial score (nSPS) is 16.6. The van der Waals surface area contributed by atoms with Crippen molar-refractivity contribution in [3.05, 3.63) is 0 Å². The standard InChI is InChI=1S/C8H16N2O/c1-4-7(6-10-2)8(5-9)11-3/h5-9H,4H2,1-3H3. The third-order valence-corrected chi connectivity index (χ3v) is 1.67. The van der Waals surface area contributed by atoms with Gasteiger partial charge in [0.2, 0.25) is 0 Å². The molecule has 11 heavy (non-hydrogen) atoms. The Kier molecular flexibility index (Phi) is 5.65. The first kappa shape index (κ1) is 10.3. The van der Waals surface area contributed by atoms with Crippen molar-refractivity contribution >= 4 is 12.4 Å². The minimum absolute atomic E-state index is 0.122. The highest BCUT2D eigenvalue weighted by molar-refractivity contribution is 5.71. The van der Waals surface area contributed by atoms with Crippen LogP contribution in [-0.4, -0.2) is 32.7 Å². The highest BCUT2D eigenvalue weighted by atomic mass is 16.5. The van der Waals surface area contributed by atoms with Crippen LogP contribution in [0, 0.1) is 11.3 Å². The minimum atomic E-state index is -0.122. The summed E-state index contributed by atoms with van der Waals surface area (Å²) in [6.07, 6.45) is 3.98. The zero-order valence-corrected chi connectivity index (χ0v) is 7.37. The lowest BCUT2D eigenvalue weighted by Gasteiger charge is -2.16. The van der Waals surface area contributed by atoms with E-state index in [1.54, 1.807) is 14.2 Å². The molecule has 0 heterocycles. The molecule has 0 aromatic carbocycles. The smallest absolute Gasteiger partial charge is 0.0992 e. The second kappa shape index (κ2) is 6.04. The Bertz CT molecular complexity index is 134. The van der Waals surface area contributed by atoms with Gasteiger partial charge in [-0.2, -0.15) is 0 Å². The highest BCUT2D eigenvalue weighted by Gasteiger charge is 2.13. The molecule has 0 fully saturated rings. The summed E-state index contributed by atoms with van der Waals surface area (Å²) < 4.78 is 5.07. The molecule has 0 rings (SSSR count). The lowest BCUT2D eigenvalue weighted by atomic mass is 10.0. The molecule has 0 aromatic heterocycles. The minimum Gasteiger partial charge on any atom is -0.375 e. The summed E-state index contributed by atoms with van der Waals surface area (Å²) in [7, 11) is 3.35. The maximum atomic E-state index is 7.06. The summed E-state index contributed by atoms with van der Waals surface area (Å²) in [5.74, 6) is 0.238. The van der Waals surface area contributed by atoms with E-state index in [9.17, 15) is 0 Å². The van der Waals surface area contributed by atoms with E-state index in [2.05, 4.69) is 11.9 Å². The summed E-state index contributed by atoms with van der Waals surface area (Å²) in [5, 5.41) is 7.06. The van der Waals surface area contributed by atoms with Crippen LogP contribution >= 0.6 is 0 Å². The van der Waals surface area contributed by atoms with Gasteiger partial charge in [-0.3, -0.25) is 0 Å². The van der Waals surface area contributed by atoms with E-state index in [4.69, 9.17) is 10.1 Å². The van der Waals surface area contributed by atoms with E-state index in [0.717, 1.165) is 6.42 Å².